The fourth-order valence-electron chi connectivity index (χ4n) is 2.91. The molecule has 0 heterocycles. The highest BCUT2D eigenvalue weighted by Crippen LogP contribution is 2.18. The third-order valence-corrected chi connectivity index (χ3v) is 5.57. The van der Waals surface area contributed by atoms with E-state index in [0.717, 1.165) is 30.4 Å². The molecule has 0 saturated carbocycles. The van der Waals surface area contributed by atoms with Gasteiger partial charge in [0, 0.05) is 19.5 Å². The molecule has 0 fully saturated rings. The molecule has 0 saturated heterocycles. The average Bonchev–Trinajstić information content (AvgIpc) is 2.69. The molecule has 8 heteroatoms. The Morgan fingerprint density at radius 3 is 2.52 bits per heavy atom. The van der Waals surface area contributed by atoms with Crippen molar-refractivity contribution < 1.29 is 22.3 Å². The number of benzene rings is 2. The van der Waals surface area contributed by atoms with E-state index in [1.54, 1.807) is 7.11 Å². The van der Waals surface area contributed by atoms with Gasteiger partial charge in [-0.1, -0.05) is 12.1 Å². The Morgan fingerprint density at radius 1 is 1.14 bits per heavy atom. The second-order valence-corrected chi connectivity index (χ2v) is 8.63. The van der Waals surface area contributed by atoms with Crippen LogP contribution >= 0.6 is 0 Å². The van der Waals surface area contributed by atoms with E-state index in [-0.39, 0.29) is 18.9 Å². The first kappa shape index (κ1) is 22.7. The summed E-state index contributed by atoms with van der Waals surface area (Å²) >= 11 is 0. The van der Waals surface area contributed by atoms with Gasteiger partial charge in [-0.2, -0.15) is 0 Å². The summed E-state index contributed by atoms with van der Waals surface area (Å²) in [7, 11) is -1.89. The number of halogens is 1. The molecular formula is C21H27FN2O4S. The maximum absolute atomic E-state index is 13.1. The first-order chi connectivity index (χ1) is 13.8. The van der Waals surface area contributed by atoms with Crippen molar-refractivity contribution in [1.29, 1.82) is 0 Å². The van der Waals surface area contributed by atoms with E-state index in [2.05, 4.69) is 5.32 Å². The lowest BCUT2D eigenvalue weighted by molar-refractivity contribution is -0.121. The zero-order chi connectivity index (χ0) is 21.3. The predicted octanol–water partition coefficient (Wildman–Crippen LogP) is 3.13. The van der Waals surface area contributed by atoms with Crippen molar-refractivity contribution in [1.82, 2.24) is 5.32 Å². The van der Waals surface area contributed by atoms with Crippen LogP contribution in [0.1, 0.15) is 24.8 Å². The second-order valence-electron chi connectivity index (χ2n) is 6.72. The highest BCUT2D eigenvalue weighted by molar-refractivity contribution is 7.92. The Hall–Kier alpha value is -2.61. The number of rotatable bonds is 11. The quantitative estimate of drug-likeness (QED) is 0.565. The van der Waals surface area contributed by atoms with Crippen molar-refractivity contribution in [2.75, 3.05) is 30.8 Å². The Labute approximate surface area is 171 Å². The molecule has 0 atom stereocenters. The smallest absolute Gasteiger partial charge is 0.232 e. The van der Waals surface area contributed by atoms with Gasteiger partial charge < -0.3 is 10.1 Å². The van der Waals surface area contributed by atoms with Crippen molar-refractivity contribution >= 4 is 21.6 Å². The van der Waals surface area contributed by atoms with Crippen LogP contribution in [0.5, 0.6) is 5.75 Å². The molecule has 0 radical (unpaired) electrons. The van der Waals surface area contributed by atoms with Crippen LogP contribution in [-0.2, 0) is 21.2 Å². The number of hydrogen-bond acceptors (Lipinski definition) is 4. The van der Waals surface area contributed by atoms with Crippen molar-refractivity contribution in [2.45, 2.75) is 25.7 Å². The SMILES string of the molecule is COc1cccc(CCCNC(=O)CCCN(c2ccc(F)cc2)S(C)(=O)=O)c1. The summed E-state index contributed by atoms with van der Waals surface area (Å²) in [5.74, 6) is 0.252. The van der Waals surface area contributed by atoms with E-state index in [4.69, 9.17) is 4.74 Å². The largest absolute Gasteiger partial charge is 0.497 e. The van der Waals surface area contributed by atoms with Crippen LogP contribution < -0.4 is 14.4 Å². The molecule has 0 spiro atoms. The number of nitrogens with zero attached hydrogens (tertiary/aromatic N) is 1. The molecule has 0 aromatic heterocycles. The standard InChI is InChI=1S/C21H27FN2O4S/c1-28-20-8-3-6-17(16-20)7-4-14-23-21(25)9-5-15-24(29(2,26)27)19-12-10-18(22)11-13-19/h3,6,8,10-13,16H,4-5,7,9,14-15H2,1-2H3,(H,23,25). The van der Waals surface area contributed by atoms with Gasteiger partial charge in [-0.05, 0) is 61.2 Å². The molecule has 1 amide bonds. The Kier molecular flexibility index (Phi) is 8.45. The Balaban J connectivity index is 1.74. The number of aryl methyl sites for hydroxylation is 1. The Morgan fingerprint density at radius 2 is 1.86 bits per heavy atom. The molecule has 0 unspecified atom stereocenters. The van der Waals surface area contributed by atoms with Gasteiger partial charge in [0.25, 0.3) is 0 Å². The third-order valence-electron chi connectivity index (χ3n) is 4.38. The molecule has 0 bridgehead atoms. The van der Waals surface area contributed by atoms with E-state index in [9.17, 15) is 17.6 Å². The van der Waals surface area contributed by atoms with Gasteiger partial charge in [0.1, 0.15) is 11.6 Å². The fraction of sp³-hybridized carbons (Fsp3) is 0.381. The number of hydrogen-bond donors (Lipinski definition) is 1. The lowest BCUT2D eigenvalue weighted by Gasteiger charge is -2.22. The van der Waals surface area contributed by atoms with Gasteiger partial charge in [-0.15, -0.1) is 0 Å². The van der Waals surface area contributed by atoms with Crippen LogP contribution in [0.3, 0.4) is 0 Å². The van der Waals surface area contributed by atoms with Gasteiger partial charge in [0.2, 0.25) is 15.9 Å². The molecule has 0 aliphatic rings. The van der Waals surface area contributed by atoms with Crippen LogP contribution in [0.4, 0.5) is 10.1 Å². The number of anilines is 1. The lowest BCUT2D eigenvalue weighted by atomic mass is 10.1. The average molecular weight is 423 g/mol. The lowest BCUT2D eigenvalue weighted by Crippen LogP contribution is -2.32. The topological polar surface area (TPSA) is 75.7 Å². The first-order valence-corrected chi connectivity index (χ1v) is 11.3. The minimum absolute atomic E-state index is 0.122. The van der Waals surface area contributed by atoms with Gasteiger partial charge in [-0.3, -0.25) is 9.10 Å². The van der Waals surface area contributed by atoms with Gasteiger partial charge in [-0.25, -0.2) is 12.8 Å². The molecule has 0 aliphatic heterocycles. The van der Waals surface area contributed by atoms with Crippen LogP contribution in [-0.4, -0.2) is 40.8 Å². The molecular weight excluding hydrogens is 395 g/mol. The molecule has 2 aromatic carbocycles. The number of amides is 1. The zero-order valence-corrected chi connectivity index (χ0v) is 17.5. The number of methoxy groups -OCH3 is 1. The maximum Gasteiger partial charge on any atom is 0.232 e. The highest BCUT2D eigenvalue weighted by Gasteiger charge is 2.17. The summed E-state index contributed by atoms with van der Waals surface area (Å²) in [6, 6.07) is 13.0. The fourth-order valence-corrected chi connectivity index (χ4v) is 3.88. The minimum Gasteiger partial charge on any atom is -0.497 e. The van der Waals surface area contributed by atoms with E-state index in [1.165, 1.54) is 28.6 Å². The van der Waals surface area contributed by atoms with Crippen LogP contribution in [0.15, 0.2) is 48.5 Å². The molecule has 2 rings (SSSR count). The van der Waals surface area contributed by atoms with Crippen molar-refractivity contribution in [3.63, 3.8) is 0 Å². The summed E-state index contributed by atoms with van der Waals surface area (Å²) in [6.07, 6.45) is 3.29. The third kappa shape index (κ3) is 7.73. The molecule has 158 valence electrons. The summed E-state index contributed by atoms with van der Waals surface area (Å²) < 4.78 is 43.5. The highest BCUT2D eigenvalue weighted by atomic mass is 32.2. The monoisotopic (exact) mass is 422 g/mol. The molecule has 29 heavy (non-hydrogen) atoms. The summed E-state index contributed by atoms with van der Waals surface area (Å²) in [5.41, 5.74) is 1.52. The van der Waals surface area contributed by atoms with E-state index in [1.807, 2.05) is 24.3 Å². The maximum atomic E-state index is 13.1. The van der Waals surface area contributed by atoms with E-state index >= 15 is 0 Å². The van der Waals surface area contributed by atoms with Gasteiger partial charge >= 0.3 is 0 Å². The Bertz CT molecular complexity index is 901. The first-order valence-electron chi connectivity index (χ1n) is 9.42. The molecule has 6 nitrogen and oxygen atoms in total. The predicted molar refractivity (Wildman–Crippen MR) is 112 cm³/mol. The summed E-state index contributed by atoms with van der Waals surface area (Å²) in [5, 5.41) is 2.85. The summed E-state index contributed by atoms with van der Waals surface area (Å²) in [4.78, 5) is 12.0. The van der Waals surface area contributed by atoms with Crippen LogP contribution in [0, 0.1) is 5.82 Å². The van der Waals surface area contributed by atoms with Crippen LogP contribution in [0.2, 0.25) is 0 Å². The number of sulfonamides is 1. The number of carbonyl (C=O) groups excluding carboxylic acids is 1. The van der Waals surface area contributed by atoms with Crippen LogP contribution in [0.25, 0.3) is 0 Å². The van der Waals surface area contributed by atoms with Crippen molar-refractivity contribution in [2.24, 2.45) is 0 Å². The van der Waals surface area contributed by atoms with E-state index in [0.29, 0.717) is 18.7 Å². The zero-order valence-electron chi connectivity index (χ0n) is 16.7. The minimum atomic E-state index is -3.52. The number of ether oxygens (including phenoxy) is 1. The number of nitrogens with one attached hydrogen (secondary N) is 1. The van der Waals surface area contributed by atoms with Gasteiger partial charge in [0.15, 0.2) is 0 Å². The number of carbonyl (C=O) groups is 1. The van der Waals surface area contributed by atoms with Gasteiger partial charge in [0.05, 0.1) is 19.1 Å². The molecule has 0 aliphatic carbocycles. The van der Waals surface area contributed by atoms with Crippen molar-refractivity contribution in [3.8, 4) is 5.75 Å². The molecule has 2 aromatic rings. The van der Waals surface area contributed by atoms with Crippen molar-refractivity contribution in [3.05, 3.63) is 59.9 Å². The normalized spacial score (nSPS) is 11.1. The van der Waals surface area contributed by atoms with E-state index < -0.39 is 15.8 Å². The summed E-state index contributed by atoms with van der Waals surface area (Å²) in [6.45, 7) is 0.700. The second kappa shape index (κ2) is 10.8. The molecule has 1 N–H and O–H groups in total.